The summed E-state index contributed by atoms with van der Waals surface area (Å²) in [5.74, 6) is 1.47. The molecule has 4 heteroatoms. The highest BCUT2D eigenvalue weighted by atomic mass is 32.1. The number of rotatable bonds is 2. The molecule has 0 bridgehead atoms. The summed E-state index contributed by atoms with van der Waals surface area (Å²) in [7, 11) is 0. The van der Waals surface area contributed by atoms with Gasteiger partial charge < -0.3 is 8.83 Å². The molecular formula is C26H14O2S2. The van der Waals surface area contributed by atoms with E-state index in [4.69, 9.17) is 33.3 Å². The lowest BCUT2D eigenvalue weighted by atomic mass is 10.0. The fourth-order valence-electron chi connectivity index (χ4n) is 3.95. The highest BCUT2D eigenvalue weighted by Gasteiger charge is 2.27. The molecule has 1 aliphatic carbocycles. The van der Waals surface area contributed by atoms with Gasteiger partial charge >= 0.3 is 0 Å². The molecule has 0 atom stereocenters. The van der Waals surface area contributed by atoms with Crippen molar-refractivity contribution in [2.45, 2.75) is 0 Å². The number of hydrogen-bond donors (Lipinski definition) is 0. The van der Waals surface area contributed by atoms with Crippen LogP contribution < -0.4 is 0 Å². The molecule has 0 aliphatic heterocycles. The Morgan fingerprint density at radius 3 is 1.87 bits per heavy atom. The Morgan fingerprint density at radius 1 is 0.633 bits per heavy atom. The third-order valence-electron chi connectivity index (χ3n) is 5.44. The van der Waals surface area contributed by atoms with Crippen molar-refractivity contribution in [3.8, 4) is 11.3 Å². The molecule has 2 heterocycles. The van der Waals surface area contributed by atoms with Crippen LogP contribution in [0.4, 0.5) is 0 Å². The second-order valence-corrected chi connectivity index (χ2v) is 8.13. The number of hydrogen-bond acceptors (Lipinski definition) is 4. The summed E-state index contributed by atoms with van der Waals surface area (Å²) < 4.78 is 12.0. The van der Waals surface area contributed by atoms with Crippen molar-refractivity contribution in [1.29, 1.82) is 0 Å². The first-order valence-corrected chi connectivity index (χ1v) is 10.4. The zero-order valence-electron chi connectivity index (χ0n) is 15.7. The Labute approximate surface area is 183 Å². The number of allylic oxidation sites excluding steroid dienone is 1. The molecule has 0 radical (unpaired) electrons. The molecule has 2 nitrogen and oxygen atoms in total. The summed E-state index contributed by atoms with van der Waals surface area (Å²) in [5.41, 5.74) is 5.31. The minimum atomic E-state index is 0.681. The zero-order valence-corrected chi connectivity index (χ0v) is 17.3. The normalized spacial score (nSPS) is 13.4. The Kier molecular flexibility index (Phi) is 3.85. The van der Waals surface area contributed by atoms with Crippen LogP contribution in [0.15, 0.2) is 93.3 Å². The highest BCUT2D eigenvalue weighted by Crippen LogP contribution is 2.35. The molecule has 0 amide bonds. The molecule has 0 spiro atoms. The van der Waals surface area contributed by atoms with Crippen LogP contribution in [-0.4, -0.2) is 9.73 Å². The Hall–Kier alpha value is -3.34. The summed E-state index contributed by atoms with van der Waals surface area (Å²) in [6.07, 6.45) is 1.92. The molecule has 0 fully saturated rings. The van der Waals surface area contributed by atoms with Crippen LogP contribution in [0, 0.1) is 0 Å². The van der Waals surface area contributed by atoms with Crippen molar-refractivity contribution in [2.75, 3.05) is 0 Å². The van der Waals surface area contributed by atoms with Gasteiger partial charge in [0, 0.05) is 34.4 Å². The van der Waals surface area contributed by atoms with Crippen LogP contribution in [0.3, 0.4) is 0 Å². The largest absolute Gasteiger partial charge is 0.453 e. The SMILES string of the molecule is S=C1C(=Cc2cc3oc(-c4ccccc4)cc3o2)C(=S)c2cc3ccccc3cc21. The van der Waals surface area contributed by atoms with E-state index in [1.54, 1.807) is 0 Å². The van der Waals surface area contributed by atoms with Crippen molar-refractivity contribution < 1.29 is 8.83 Å². The maximum atomic E-state index is 6.02. The van der Waals surface area contributed by atoms with E-state index in [0.29, 0.717) is 16.9 Å². The van der Waals surface area contributed by atoms with E-state index in [0.717, 1.165) is 48.5 Å². The lowest BCUT2D eigenvalue weighted by molar-refractivity contribution is 0.602. The van der Waals surface area contributed by atoms with E-state index in [2.05, 4.69) is 24.3 Å². The standard InChI is InChI=1S/C26H14O2S2/c29-25-19-10-16-8-4-5-9-17(16)11-20(19)26(30)21(25)12-18-13-23-24(27-18)14-22(28-23)15-6-2-1-3-7-15/h1-14H. The van der Waals surface area contributed by atoms with Gasteiger partial charge in [-0.2, -0.15) is 0 Å². The van der Waals surface area contributed by atoms with Crippen LogP contribution in [0.1, 0.15) is 16.9 Å². The maximum absolute atomic E-state index is 6.02. The van der Waals surface area contributed by atoms with Crippen LogP contribution >= 0.6 is 24.4 Å². The molecule has 142 valence electrons. The lowest BCUT2D eigenvalue weighted by Crippen LogP contribution is -1.97. The predicted octanol–water partition coefficient (Wildman–Crippen LogP) is 7.38. The van der Waals surface area contributed by atoms with E-state index in [1.165, 1.54) is 0 Å². The Bertz CT molecular complexity index is 1430. The maximum Gasteiger partial charge on any atom is 0.173 e. The molecule has 1 aliphatic rings. The fourth-order valence-corrected chi connectivity index (χ4v) is 4.68. The quantitative estimate of drug-likeness (QED) is 0.219. The van der Waals surface area contributed by atoms with Gasteiger partial charge in [0.15, 0.2) is 11.2 Å². The summed E-state index contributed by atoms with van der Waals surface area (Å²) in [6, 6.07) is 26.3. The molecule has 0 unspecified atom stereocenters. The van der Waals surface area contributed by atoms with Gasteiger partial charge in [-0.1, -0.05) is 79.0 Å². The van der Waals surface area contributed by atoms with E-state index < -0.39 is 0 Å². The first-order chi connectivity index (χ1) is 14.7. The summed E-state index contributed by atoms with van der Waals surface area (Å²) in [4.78, 5) is 1.53. The smallest absolute Gasteiger partial charge is 0.173 e. The second kappa shape index (κ2) is 6.59. The number of benzene rings is 3. The van der Waals surface area contributed by atoms with Crippen molar-refractivity contribution in [1.82, 2.24) is 0 Å². The average molecular weight is 423 g/mol. The van der Waals surface area contributed by atoms with Crippen molar-refractivity contribution >= 4 is 62.2 Å². The van der Waals surface area contributed by atoms with Gasteiger partial charge in [-0.3, -0.25) is 0 Å². The molecule has 0 saturated heterocycles. The lowest BCUT2D eigenvalue weighted by Gasteiger charge is -2.02. The molecular weight excluding hydrogens is 408 g/mol. The van der Waals surface area contributed by atoms with Gasteiger partial charge in [0.05, 0.1) is 9.73 Å². The molecule has 2 aromatic heterocycles. The zero-order chi connectivity index (χ0) is 20.2. The van der Waals surface area contributed by atoms with Crippen molar-refractivity contribution in [3.05, 3.63) is 101 Å². The molecule has 5 aromatic rings. The summed E-state index contributed by atoms with van der Waals surface area (Å²) >= 11 is 11.5. The fraction of sp³-hybridized carbons (Fsp3) is 0. The minimum absolute atomic E-state index is 0.681. The summed E-state index contributed by atoms with van der Waals surface area (Å²) in [5, 5.41) is 2.32. The van der Waals surface area contributed by atoms with E-state index in [9.17, 15) is 0 Å². The number of thiocarbonyl (C=S) groups is 2. The van der Waals surface area contributed by atoms with Crippen molar-refractivity contribution in [3.63, 3.8) is 0 Å². The average Bonchev–Trinajstić information content (AvgIpc) is 3.41. The first-order valence-electron chi connectivity index (χ1n) is 9.60. The number of furan rings is 2. The van der Waals surface area contributed by atoms with Crippen LogP contribution in [0.2, 0.25) is 0 Å². The molecule has 0 N–H and O–H groups in total. The first kappa shape index (κ1) is 17.5. The van der Waals surface area contributed by atoms with Gasteiger partial charge in [-0.05, 0) is 29.0 Å². The molecule has 30 heavy (non-hydrogen) atoms. The van der Waals surface area contributed by atoms with E-state index in [1.807, 2.05) is 60.7 Å². The second-order valence-electron chi connectivity index (χ2n) is 7.32. The Balaban J connectivity index is 1.39. The topological polar surface area (TPSA) is 26.3 Å². The van der Waals surface area contributed by atoms with Gasteiger partial charge in [0.2, 0.25) is 0 Å². The third-order valence-corrected chi connectivity index (χ3v) is 6.32. The third kappa shape index (κ3) is 2.69. The van der Waals surface area contributed by atoms with Crippen LogP contribution in [-0.2, 0) is 0 Å². The highest BCUT2D eigenvalue weighted by molar-refractivity contribution is 7.84. The predicted molar refractivity (Wildman–Crippen MR) is 129 cm³/mol. The van der Waals surface area contributed by atoms with E-state index in [-0.39, 0.29) is 0 Å². The van der Waals surface area contributed by atoms with Crippen molar-refractivity contribution in [2.24, 2.45) is 0 Å². The van der Waals surface area contributed by atoms with Gasteiger partial charge in [-0.25, -0.2) is 0 Å². The Morgan fingerprint density at radius 2 is 1.23 bits per heavy atom. The monoisotopic (exact) mass is 422 g/mol. The van der Waals surface area contributed by atoms with Gasteiger partial charge in [0.25, 0.3) is 0 Å². The number of fused-ring (bicyclic) bond motifs is 3. The minimum Gasteiger partial charge on any atom is -0.453 e. The molecule has 3 aromatic carbocycles. The molecule has 6 rings (SSSR count). The van der Waals surface area contributed by atoms with Crippen LogP contribution in [0.5, 0.6) is 0 Å². The van der Waals surface area contributed by atoms with Crippen LogP contribution in [0.25, 0.3) is 39.3 Å². The molecule has 0 saturated carbocycles. The van der Waals surface area contributed by atoms with Gasteiger partial charge in [0.1, 0.15) is 11.5 Å². The van der Waals surface area contributed by atoms with Gasteiger partial charge in [-0.15, -0.1) is 0 Å². The summed E-state index contributed by atoms with van der Waals surface area (Å²) in [6.45, 7) is 0. The van der Waals surface area contributed by atoms with E-state index >= 15 is 0 Å².